The normalized spacial score (nSPS) is 22.5. The summed E-state index contributed by atoms with van der Waals surface area (Å²) in [5.41, 5.74) is 7.47. The van der Waals surface area contributed by atoms with Gasteiger partial charge in [-0.2, -0.15) is 0 Å². The van der Waals surface area contributed by atoms with Gasteiger partial charge in [0.1, 0.15) is 17.4 Å². The summed E-state index contributed by atoms with van der Waals surface area (Å²) in [5, 5.41) is 4.65. The second kappa shape index (κ2) is 6.72. The topological polar surface area (TPSA) is 77.5 Å². The maximum absolute atomic E-state index is 11.2. The van der Waals surface area contributed by atoms with Crippen LogP contribution in [0.25, 0.3) is 11.0 Å². The SMILES string of the molecule is CCc1c([C@H](C)NC[C@H]2CC[C@@H](C(N)=O)O2)oc2ccccc12. The number of nitrogens with one attached hydrogen (secondary N) is 1. The standard InChI is InChI=1S/C18H24N2O3/c1-3-13-14-6-4-5-7-15(14)23-17(13)11(2)20-10-12-8-9-16(22-12)18(19)21/h4-7,11-12,16,20H,3,8-10H2,1-2H3,(H2,19,21)/t11-,12+,16-/m0/s1. The molecule has 124 valence electrons. The third-order valence-electron chi connectivity index (χ3n) is 4.55. The highest BCUT2D eigenvalue weighted by Crippen LogP contribution is 2.30. The molecule has 0 saturated carbocycles. The molecule has 3 N–H and O–H groups in total. The monoisotopic (exact) mass is 316 g/mol. The number of aryl methyl sites for hydroxylation is 1. The third kappa shape index (κ3) is 3.26. The molecular weight excluding hydrogens is 292 g/mol. The van der Waals surface area contributed by atoms with Crippen LogP contribution in [0.5, 0.6) is 0 Å². The number of carbonyl (C=O) groups is 1. The lowest BCUT2D eigenvalue weighted by molar-refractivity contribution is -0.128. The van der Waals surface area contributed by atoms with Gasteiger partial charge in [0.15, 0.2) is 0 Å². The lowest BCUT2D eigenvalue weighted by atomic mass is 10.0. The van der Waals surface area contributed by atoms with E-state index in [0.29, 0.717) is 13.0 Å². The minimum Gasteiger partial charge on any atom is -0.459 e. The van der Waals surface area contributed by atoms with E-state index >= 15 is 0 Å². The van der Waals surface area contributed by atoms with Crippen molar-refractivity contribution in [1.29, 1.82) is 0 Å². The Balaban J connectivity index is 1.67. The molecule has 2 aromatic rings. The van der Waals surface area contributed by atoms with Gasteiger partial charge in [-0.3, -0.25) is 4.79 Å². The number of hydrogen-bond acceptors (Lipinski definition) is 4. The van der Waals surface area contributed by atoms with Gasteiger partial charge >= 0.3 is 0 Å². The highest BCUT2D eigenvalue weighted by atomic mass is 16.5. The Morgan fingerprint density at radius 3 is 2.87 bits per heavy atom. The van der Waals surface area contributed by atoms with E-state index < -0.39 is 6.10 Å². The van der Waals surface area contributed by atoms with Crippen molar-refractivity contribution >= 4 is 16.9 Å². The third-order valence-corrected chi connectivity index (χ3v) is 4.55. The van der Waals surface area contributed by atoms with Crippen LogP contribution in [0, 0.1) is 0 Å². The summed E-state index contributed by atoms with van der Waals surface area (Å²) in [4.78, 5) is 11.2. The van der Waals surface area contributed by atoms with Crippen LogP contribution >= 0.6 is 0 Å². The molecule has 5 heteroatoms. The summed E-state index contributed by atoms with van der Waals surface area (Å²) in [7, 11) is 0. The molecule has 1 aliphatic rings. The Bertz CT molecular complexity index is 695. The van der Waals surface area contributed by atoms with Crippen molar-refractivity contribution in [3.8, 4) is 0 Å². The first-order chi connectivity index (χ1) is 11.1. The molecular formula is C18H24N2O3. The van der Waals surface area contributed by atoms with Gasteiger partial charge < -0.3 is 20.2 Å². The predicted octanol–water partition coefficient (Wildman–Crippen LogP) is 2.68. The molecule has 1 fully saturated rings. The molecule has 3 atom stereocenters. The van der Waals surface area contributed by atoms with Crippen LogP contribution in [0.2, 0.25) is 0 Å². The van der Waals surface area contributed by atoms with Crippen LogP contribution in [-0.4, -0.2) is 24.7 Å². The number of rotatable bonds is 6. The van der Waals surface area contributed by atoms with Crippen LogP contribution in [0.4, 0.5) is 0 Å². The average Bonchev–Trinajstić information content (AvgIpc) is 3.16. The fraction of sp³-hybridized carbons (Fsp3) is 0.500. The number of nitrogens with two attached hydrogens (primary N) is 1. The van der Waals surface area contributed by atoms with Crippen molar-refractivity contribution in [3.05, 3.63) is 35.6 Å². The Kier molecular flexibility index (Phi) is 4.68. The molecule has 2 heterocycles. The highest BCUT2D eigenvalue weighted by molar-refractivity contribution is 5.82. The van der Waals surface area contributed by atoms with Crippen LogP contribution in [0.15, 0.2) is 28.7 Å². The first-order valence-electron chi connectivity index (χ1n) is 8.28. The summed E-state index contributed by atoms with van der Waals surface area (Å²) in [6.45, 7) is 4.92. The lowest BCUT2D eigenvalue weighted by Crippen LogP contribution is -2.33. The summed E-state index contributed by atoms with van der Waals surface area (Å²) >= 11 is 0. The fourth-order valence-electron chi connectivity index (χ4n) is 3.30. The van der Waals surface area contributed by atoms with Gasteiger partial charge in [0.2, 0.25) is 5.91 Å². The summed E-state index contributed by atoms with van der Waals surface area (Å²) in [6, 6.07) is 8.22. The minimum atomic E-state index is -0.436. The van der Waals surface area contributed by atoms with E-state index in [0.717, 1.165) is 24.2 Å². The predicted molar refractivity (Wildman–Crippen MR) is 89.1 cm³/mol. The molecule has 0 bridgehead atoms. The van der Waals surface area contributed by atoms with Crippen LogP contribution in [-0.2, 0) is 16.0 Å². The molecule has 0 aliphatic carbocycles. The molecule has 0 radical (unpaired) electrons. The zero-order valence-electron chi connectivity index (χ0n) is 13.7. The van der Waals surface area contributed by atoms with E-state index in [9.17, 15) is 4.79 Å². The molecule has 5 nitrogen and oxygen atoms in total. The molecule has 1 aromatic carbocycles. The van der Waals surface area contributed by atoms with Crippen molar-refractivity contribution in [2.24, 2.45) is 5.73 Å². The number of primary amides is 1. The van der Waals surface area contributed by atoms with Crippen molar-refractivity contribution in [1.82, 2.24) is 5.32 Å². The largest absolute Gasteiger partial charge is 0.459 e. The molecule has 0 spiro atoms. The molecule has 1 aromatic heterocycles. The molecule has 1 aliphatic heterocycles. The summed E-state index contributed by atoms with van der Waals surface area (Å²) < 4.78 is 11.7. The van der Waals surface area contributed by atoms with Gasteiger partial charge in [0.05, 0.1) is 12.1 Å². The summed E-state index contributed by atoms with van der Waals surface area (Å²) in [5.74, 6) is 0.615. The van der Waals surface area contributed by atoms with Gasteiger partial charge in [-0.1, -0.05) is 25.1 Å². The Hall–Kier alpha value is -1.85. The van der Waals surface area contributed by atoms with Gasteiger partial charge in [0.25, 0.3) is 0 Å². The molecule has 3 rings (SSSR count). The van der Waals surface area contributed by atoms with Crippen molar-refractivity contribution in [3.63, 3.8) is 0 Å². The van der Waals surface area contributed by atoms with E-state index in [1.165, 1.54) is 10.9 Å². The first kappa shape index (κ1) is 16.0. The number of amides is 1. The first-order valence-corrected chi connectivity index (χ1v) is 8.28. The number of ether oxygens (including phenoxy) is 1. The maximum atomic E-state index is 11.2. The van der Waals surface area contributed by atoms with E-state index in [-0.39, 0.29) is 18.1 Å². The van der Waals surface area contributed by atoms with Crippen molar-refractivity contribution in [2.75, 3.05) is 6.54 Å². The Morgan fingerprint density at radius 1 is 1.39 bits per heavy atom. The zero-order valence-corrected chi connectivity index (χ0v) is 13.7. The number of para-hydroxylation sites is 1. The van der Waals surface area contributed by atoms with Gasteiger partial charge in [0, 0.05) is 17.5 Å². The van der Waals surface area contributed by atoms with Gasteiger partial charge in [-0.15, -0.1) is 0 Å². The fourth-order valence-corrected chi connectivity index (χ4v) is 3.30. The summed E-state index contributed by atoms with van der Waals surface area (Å²) in [6.07, 6.45) is 2.09. The minimum absolute atomic E-state index is 0.0319. The smallest absolute Gasteiger partial charge is 0.246 e. The second-order valence-corrected chi connectivity index (χ2v) is 6.15. The Labute approximate surface area is 136 Å². The average molecular weight is 316 g/mol. The number of carbonyl (C=O) groups excluding carboxylic acids is 1. The number of furan rings is 1. The van der Waals surface area contributed by atoms with E-state index in [4.69, 9.17) is 14.9 Å². The van der Waals surface area contributed by atoms with Crippen molar-refractivity contribution in [2.45, 2.75) is 51.4 Å². The van der Waals surface area contributed by atoms with Gasteiger partial charge in [-0.05, 0) is 32.3 Å². The number of hydrogen-bond donors (Lipinski definition) is 2. The van der Waals surface area contributed by atoms with Crippen LogP contribution < -0.4 is 11.1 Å². The maximum Gasteiger partial charge on any atom is 0.246 e. The highest BCUT2D eigenvalue weighted by Gasteiger charge is 2.29. The Morgan fingerprint density at radius 2 is 2.17 bits per heavy atom. The quantitative estimate of drug-likeness (QED) is 0.859. The van der Waals surface area contributed by atoms with Crippen LogP contribution in [0.1, 0.15) is 44.1 Å². The molecule has 1 amide bonds. The van der Waals surface area contributed by atoms with E-state index in [2.05, 4.69) is 25.2 Å². The van der Waals surface area contributed by atoms with Gasteiger partial charge in [-0.25, -0.2) is 0 Å². The van der Waals surface area contributed by atoms with Crippen molar-refractivity contribution < 1.29 is 13.9 Å². The van der Waals surface area contributed by atoms with E-state index in [1.54, 1.807) is 0 Å². The second-order valence-electron chi connectivity index (χ2n) is 6.15. The van der Waals surface area contributed by atoms with Crippen LogP contribution in [0.3, 0.4) is 0 Å². The number of benzene rings is 1. The number of fused-ring (bicyclic) bond motifs is 1. The molecule has 1 saturated heterocycles. The molecule has 23 heavy (non-hydrogen) atoms. The molecule has 0 unspecified atom stereocenters. The van der Waals surface area contributed by atoms with E-state index in [1.807, 2.05) is 18.2 Å². The lowest BCUT2D eigenvalue weighted by Gasteiger charge is -2.17. The zero-order chi connectivity index (χ0) is 16.4.